The molecule has 0 saturated heterocycles. The van der Waals surface area contributed by atoms with E-state index in [1.807, 2.05) is 23.4 Å². The van der Waals surface area contributed by atoms with Crippen LogP contribution >= 0.6 is 11.6 Å². The minimum absolute atomic E-state index is 0.524. The van der Waals surface area contributed by atoms with Crippen molar-refractivity contribution in [2.45, 2.75) is 13.3 Å². The molecule has 0 amide bonds. The normalized spacial score (nSPS) is 26.3. The van der Waals surface area contributed by atoms with E-state index in [-0.39, 0.29) is 0 Å². The van der Waals surface area contributed by atoms with Crippen molar-refractivity contribution in [1.29, 1.82) is 0 Å². The Kier molecular flexibility index (Phi) is 2.23. The summed E-state index contributed by atoms with van der Waals surface area (Å²) in [5, 5.41) is 6.51. The Morgan fingerprint density at radius 2 is 2.38 bits per heavy atom. The molecule has 2 nitrogen and oxygen atoms in total. The second-order valence-corrected chi connectivity index (χ2v) is 3.67. The fourth-order valence-electron chi connectivity index (χ4n) is 1.32. The molecular formula is C10H11ClN2. The molecule has 2 heterocycles. The molecule has 0 saturated carbocycles. The molecule has 1 unspecified atom stereocenters. The summed E-state index contributed by atoms with van der Waals surface area (Å²) in [7, 11) is 0. The van der Waals surface area contributed by atoms with Crippen molar-refractivity contribution in [3.05, 3.63) is 36.2 Å². The zero-order chi connectivity index (χ0) is 9.26. The highest BCUT2D eigenvalue weighted by Gasteiger charge is 2.11. The van der Waals surface area contributed by atoms with E-state index in [4.69, 9.17) is 11.6 Å². The summed E-state index contributed by atoms with van der Waals surface area (Å²) in [6.45, 7) is 2.18. The van der Waals surface area contributed by atoms with Crippen LogP contribution in [0.1, 0.15) is 13.3 Å². The molecule has 0 aromatic carbocycles. The van der Waals surface area contributed by atoms with Crippen molar-refractivity contribution < 1.29 is 0 Å². The first-order chi connectivity index (χ1) is 6.25. The number of rotatable bonds is 0. The maximum Gasteiger partial charge on any atom is 0.150 e. The van der Waals surface area contributed by atoms with Gasteiger partial charge >= 0.3 is 0 Å². The lowest BCUT2D eigenvalue weighted by Gasteiger charge is -2.17. The predicted molar refractivity (Wildman–Crippen MR) is 55.3 cm³/mol. The minimum atomic E-state index is 0.524. The Morgan fingerprint density at radius 1 is 1.54 bits per heavy atom. The quantitative estimate of drug-likeness (QED) is 0.579. The molecule has 0 aliphatic carbocycles. The Balaban J connectivity index is 2.31. The number of halogens is 1. The lowest BCUT2D eigenvalue weighted by Crippen LogP contribution is -2.12. The first-order valence-corrected chi connectivity index (χ1v) is 4.73. The van der Waals surface area contributed by atoms with E-state index in [0.29, 0.717) is 11.1 Å². The molecule has 0 radical (unpaired) electrons. The standard InChI is InChI=1S/C10H11ClN2/c1-8-2-3-9-4-5-10(11)12-13(9)7-6-8/h3-8H,2H2,1H3. The summed E-state index contributed by atoms with van der Waals surface area (Å²) < 4.78 is 0. The number of hydrazone groups is 1. The Labute approximate surface area is 82.9 Å². The van der Waals surface area contributed by atoms with E-state index in [9.17, 15) is 0 Å². The van der Waals surface area contributed by atoms with Crippen LogP contribution in [0.15, 0.2) is 41.3 Å². The van der Waals surface area contributed by atoms with E-state index in [1.54, 1.807) is 0 Å². The van der Waals surface area contributed by atoms with Gasteiger partial charge in [-0.3, -0.25) is 0 Å². The molecule has 68 valence electrons. The Bertz CT molecular complexity index is 326. The van der Waals surface area contributed by atoms with Crippen LogP contribution in [-0.4, -0.2) is 10.2 Å². The smallest absolute Gasteiger partial charge is 0.150 e. The van der Waals surface area contributed by atoms with Crippen molar-refractivity contribution >= 4 is 16.8 Å². The Morgan fingerprint density at radius 3 is 3.23 bits per heavy atom. The van der Waals surface area contributed by atoms with Gasteiger partial charge in [-0.2, -0.15) is 5.10 Å². The SMILES string of the molecule is CC1C=CN2N=C(Cl)C=CC2=CC1. The second-order valence-electron chi connectivity index (χ2n) is 3.28. The second kappa shape index (κ2) is 3.38. The van der Waals surface area contributed by atoms with Crippen LogP contribution < -0.4 is 0 Å². The van der Waals surface area contributed by atoms with Crippen molar-refractivity contribution in [2.75, 3.05) is 0 Å². The topological polar surface area (TPSA) is 15.6 Å². The summed E-state index contributed by atoms with van der Waals surface area (Å²) >= 11 is 5.79. The summed E-state index contributed by atoms with van der Waals surface area (Å²) in [6, 6.07) is 0. The average molecular weight is 195 g/mol. The number of fused-ring (bicyclic) bond motifs is 1. The maximum atomic E-state index is 5.79. The van der Waals surface area contributed by atoms with Gasteiger partial charge in [0.25, 0.3) is 0 Å². The van der Waals surface area contributed by atoms with Gasteiger partial charge in [-0.05, 0) is 24.5 Å². The fraction of sp³-hybridized carbons (Fsp3) is 0.300. The van der Waals surface area contributed by atoms with Crippen LogP contribution in [0, 0.1) is 5.92 Å². The van der Waals surface area contributed by atoms with Gasteiger partial charge in [-0.15, -0.1) is 0 Å². The zero-order valence-electron chi connectivity index (χ0n) is 7.44. The molecule has 0 aromatic rings. The highest BCUT2D eigenvalue weighted by atomic mass is 35.5. The van der Waals surface area contributed by atoms with E-state index >= 15 is 0 Å². The van der Waals surface area contributed by atoms with Crippen LogP contribution in [0.2, 0.25) is 0 Å². The van der Waals surface area contributed by atoms with Crippen LogP contribution in [0.5, 0.6) is 0 Å². The van der Waals surface area contributed by atoms with E-state index < -0.39 is 0 Å². The monoisotopic (exact) mass is 194 g/mol. The van der Waals surface area contributed by atoms with Crippen molar-refractivity contribution in [3.63, 3.8) is 0 Å². The predicted octanol–water partition coefficient (Wildman–Crippen LogP) is 2.85. The first kappa shape index (κ1) is 8.57. The summed E-state index contributed by atoms with van der Waals surface area (Å²) in [4.78, 5) is 0. The highest BCUT2D eigenvalue weighted by molar-refractivity contribution is 6.68. The van der Waals surface area contributed by atoms with Gasteiger partial charge in [0, 0.05) is 6.20 Å². The maximum absolute atomic E-state index is 5.79. The average Bonchev–Trinajstić information content (AvgIpc) is 2.29. The number of hydrogen-bond donors (Lipinski definition) is 0. The molecule has 0 bridgehead atoms. The first-order valence-electron chi connectivity index (χ1n) is 4.35. The zero-order valence-corrected chi connectivity index (χ0v) is 8.20. The summed E-state index contributed by atoms with van der Waals surface area (Å²) in [6.07, 6.45) is 11.1. The van der Waals surface area contributed by atoms with E-state index in [1.165, 1.54) is 0 Å². The molecule has 0 spiro atoms. The lowest BCUT2D eigenvalue weighted by atomic mass is 10.1. The molecular weight excluding hydrogens is 184 g/mol. The number of allylic oxidation sites excluding steroid dienone is 4. The molecule has 0 N–H and O–H groups in total. The minimum Gasteiger partial charge on any atom is -0.240 e. The molecule has 13 heavy (non-hydrogen) atoms. The fourth-order valence-corrected chi connectivity index (χ4v) is 1.46. The van der Waals surface area contributed by atoms with Crippen molar-refractivity contribution in [2.24, 2.45) is 11.0 Å². The van der Waals surface area contributed by atoms with Gasteiger partial charge in [-0.25, -0.2) is 5.01 Å². The third-order valence-electron chi connectivity index (χ3n) is 2.11. The van der Waals surface area contributed by atoms with Gasteiger partial charge in [0.05, 0.1) is 5.70 Å². The van der Waals surface area contributed by atoms with Crippen molar-refractivity contribution in [3.8, 4) is 0 Å². The van der Waals surface area contributed by atoms with Gasteiger partial charge in [-0.1, -0.05) is 30.7 Å². The van der Waals surface area contributed by atoms with Crippen LogP contribution in [0.25, 0.3) is 0 Å². The number of nitrogens with zero attached hydrogens (tertiary/aromatic N) is 2. The van der Waals surface area contributed by atoms with E-state index in [2.05, 4.69) is 24.2 Å². The van der Waals surface area contributed by atoms with Crippen molar-refractivity contribution in [1.82, 2.24) is 5.01 Å². The van der Waals surface area contributed by atoms with Crippen LogP contribution in [0.3, 0.4) is 0 Å². The molecule has 0 aromatic heterocycles. The van der Waals surface area contributed by atoms with Gasteiger partial charge in [0.1, 0.15) is 5.17 Å². The molecule has 2 aliphatic heterocycles. The third kappa shape index (κ3) is 1.83. The largest absolute Gasteiger partial charge is 0.240 e. The molecule has 2 rings (SSSR count). The van der Waals surface area contributed by atoms with Gasteiger partial charge < -0.3 is 0 Å². The number of hydrogen-bond acceptors (Lipinski definition) is 2. The summed E-state index contributed by atoms with van der Waals surface area (Å²) in [5.74, 6) is 0.570. The van der Waals surface area contributed by atoms with E-state index in [0.717, 1.165) is 12.1 Å². The molecule has 3 heteroatoms. The van der Waals surface area contributed by atoms with Gasteiger partial charge in [0.15, 0.2) is 0 Å². The van der Waals surface area contributed by atoms with Gasteiger partial charge in [0.2, 0.25) is 0 Å². The third-order valence-corrected chi connectivity index (χ3v) is 2.32. The molecule has 1 atom stereocenters. The van der Waals surface area contributed by atoms with Crippen LogP contribution in [0.4, 0.5) is 0 Å². The Hall–Kier alpha value is -1.02. The molecule has 0 fully saturated rings. The summed E-state index contributed by atoms with van der Waals surface area (Å²) in [5.41, 5.74) is 1.10. The highest BCUT2D eigenvalue weighted by Crippen LogP contribution is 2.21. The lowest BCUT2D eigenvalue weighted by molar-refractivity contribution is 0.512. The molecule has 2 aliphatic rings. The van der Waals surface area contributed by atoms with Crippen LogP contribution in [-0.2, 0) is 0 Å².